The predicted molar refractivity (Wildman–Crippen MR) is 80.8 cm³/mol. The van der Waals surface area contributed by atoms with Gasteiger partial charge in [-0.3, -0.25) is 0 Å². The average Bonchev–Trinajstić information content (AvgIpc) is 2.79. The van der Waals surface area contributed by atoms with E-state index in [1.54, 1.807) is 0 Å². The quantitative estimate of drug-likeness (QED) is 0.892. The van der Waals surface area contributed by atoms with Gasteiger partial charge in [-0.2, -0.15) is 0 Å². The lowest BCUT2D eigenvalue weighted by atomic mass is 9.99. The number of hydrogen-bond acceptors (Lipinski definition) is 4. The first kappa shape index (κ1) is 14.4. The van der Waals surface area contributed by atoms with Gasteiger partial charge in [0.1, 0.15) is 5.75 Å². The SMILES string of the molecule is CC(C)COc1ccc(-c2c(C(C)C)noc2N)cc1. The van der Waals surface area contributed by atoms with Crippen LogP contribution < -0.4 is 10.5 Å². The monoisotopic (exact) mass is 274 g/mol. The normalized spacial score (nSPS) is 11.3. The van der Waals surface area contributed by atoms with Crippen LogP contribution in [0, 0.1) is 5.92 Å². The van der Waals surface area contributed by atoms with Gasteiger partial charge in [-0.25, -0.2) is 0 Å². The summed E-state index contributed by atoms with van der Waals surface area (Å²) in [5.41, 5.74) is 8.66. The molecule has 0 bridgehead atoms. The van der Waals surface area contributed by atoms with Gasteiger partial charge in [0.15, 0.2) is 0 Å². The van der Waals surface area contributed by atoms with Crippen molar-refractivity contribution in [1.82, 2.24) is 5.16 Å². The first-order valence-corrected chi connectivity index (χ1v) is 6.97. The summed E-state index contributed by atoms with van der Waals surface area (Å²) < 4.78 is 10.8. The van der Waals surface area contributed by atoms with Crippen LogP contribution in [0.15, 0.2) is 28.8 Å². The first-order chi connectivity index (χ1) is 9.49. The van der Waals surface area contributed by atoms with E-state index in [9.17, 15) is 0 Å². The van der Waals surface area contributed by atoms with Crippen LogP contribution in [0.25, 0.3) is 11.1 Å². The Labute approximate surface area is 119 Å². The predicted octanol–water partition coefficient (Wildman–Crippen LogP) is 4.08. The van der Waals surface area contributed by atoms with Gasteiger partial charge in [-0.05, 0) is 29.5 Å². The summed E-state index contributed by atoms with van der Waals surface area (Å²) in [5, 5.41) is 4.04. The summed E-state index contributed by atoms with van der Waals surface area (Å²) >= 11 is 0. The molecule has 0 saturated heterocycles. The molecule has 0 aliphatic heterocycles. The Balaban J connectivity index is 2.24. The second kappa shape index (κ2) is 5.99. The molecule has 108 valence electrons. The molecule has 0 amide bonds. The zero-order chi connectivity index (χ0) is 14.7. The van der Waals surface area contributed by atoms with E-state index in [4.69, 9.17) is 15.0 Å². The molecule has 2 N–H and O–H groups in total. The van der Waals surface area contributed by atoms with E-state index in [0.29, 0.717) is 18.4 Å². The molecule has 1 heterocycles. The minimum atomic E-state index is 0.267. The molecule has 0 radical (unpaired) electrons. The molecule has 2 rings (SSSR count). The van der Waals surface area contributed by atoms with Crippen molar-refractivity contribution in [1.29, 1.82) is 0 Å². The van der Waals surface area contributed by atoms with Crippen LogP contribution in [0.3, 0.4) is 0 Å². The molecular formula is C16H22N2O2. The van der Waals surface area contributed by atoms with Crippen LogP contribution in [0.5, 0.6) is 5.75 Å². The maximum Gasteiger partial charge on any atom is 0.230 e. The molecule has 2 aromatic rings. The molecule has 0 aliphatic carbocycles. The maximum atomic E-state index is 5.89. The average molecular weight is 274 g/mol. The Morgan fingerprint density at radius 3 is 2.35 bits per heavy atom. The number of nitrogen functional groups attached to an aromatic ring is 1. The highest BCUT2D eigenvalue weighted by atomic mass is 16.5. The van der Waals surface area contributed by atoms with Crippen molar-refractivity contribution in [3.05, 3.63) is 30.0 Å². The third kappa shape index (κ3) is 3.13. The Morgan fingerprint density at radius 2 is 1.80 bits per heavy atom. The molecule has 4 heteroatoms. The summed E-state index contributed by atoms with van der Waals surface area (Å²) in [5.74, 6) is 2.01. The van der Waals surface area contributed by atoms with Gasteiger partial charge < -0.3 is 15.0 Å². The molecule has 1 aromatic heterocycles. The van der Waals surface area contributed by atoms with E-state index in [0.717, 1.165) is 22.6 Å². The van der Waals surface area contributed by atoms with Crippen LogP contribution in [-0.4, -0.2) is 11.8 Å². The van der Waals surface area contributed by atoms with E-state index in [2.05, 4.69) is 32.9 Å². The molecule has 0 spiro atoms. The summed E-state index contributed by atoms with van der Waals surface area (Å²) in [6.07, 6.45) is 0. The fraction of sp³-hybridized carbons (Fsp3) is 0.438. The zero-order valence-electron chi connectivity index (χ0n) is 12.5. The lowest BCUT2D eigenvalue weighted by molar-refractivity contribution is 0.271. The van der Waals surface area contributed by atoms with Crippen LogP contribution in [-0.2, 0) is 0 Å². The highest BCUT2D eigenvalue weighted by Gasteiger charge is 2.18. The van der Waals surface area contributed by atoms with Gasteiger partial charge in [-0.15, -0.1) is 0 Å². The van der Waals surface area contributed by atoms with Crippen molar-refractivity contribution in [2.75, 3.05) is 12.3 Å². The van der Waals surface area contributed by atoms with Crippen molar-refractivity contribution in [3.63, 3.8) is 0 Å². The van der Waals surface area contributed by atoms with E-state index in [1.165, 1.54) is 0 Å². The number of aromatic nitrogens is 1. The smallest absolute Gasteiger partial charge is 0.230 e. The Kier molecular flexibility index (Phi) is 4.32. The van der Waals surface area contributed by atoms with Crippen LogP contribution in [0.4, 0.5) is 5.88 Å². The Bertz CT molecular complexity index is 556. The van der Waals surface area contributed by atoms with Crippen molar-refractivity contribution in [3.8, 4) is 16.9 Å². The van der Waals surface area contributed by atoms with Crippen molar-refractivity contribution in [2.24, 2.45) is 5.92 Å². The topological polar surface area (TPSA) is 61.3 Å². The number of ether oxygens (including phenoxy) is 1. The number of anilines is 1. The number of nitrogens with zero attached hydrogens (tertiary/aromatic N) is 1. The zero-order valence-corrected chi connectivity index (χ0v) is 12.5. The second-order valence-corrected chi connectivity index (χ2v) is 5.69. The van der Waals surface area contributed by atoms with Gasteiger partial charge in [0.25, 0.3) is 0 Å². The Morgan fingerprint density at radius 1 is 1.15 bits per heavy atom. The maximum absolute atomic E-state index is 5.89. The summed E-state index contributed by atoms with van der Waals surface area (Å²) in [4.78, 5) is 0. The number of hydrogen-bond donors (Lipinski definition) is 1. The molecule has 0 saturated carbocycles. The minimum absolute atomic E-state index is 0.267. The molecular weight excluding hydrogens is 252 g/mol. The third-order valence-electron chi connectivity index (χ3n) is 3.02. The van der Waals surface area contributed by atoms with Gasteiger partial charge in [0, 0.05) is 0 Å². The number of nitrogens with two attached hydrogens (primary N) is 1. The van der Waals surface area contributed by atoms with Crippen LogP contribution >= 0.6 is 0 Å². The highest BCUT2D eigenvalue weighted by molar-refractivity contribution is 5.75. The van der Waals surface area contributed by atoms with Gasteiger partial charge in [-0.1, -0.05) is 45.0 Å². The first-order valence-electron chi connectivity index (χ1n) is 6.97. The third-order valence-corrected chi connectivity index (χ3v) is 3.02. The fourth-order valence-corrected chi connectivity index (χ4v) is 1.98. The van der Waals surface area contributed by atoms with Crippen LogP contribution in [0.1, 0.15) is 39.3 Å². The second-order valence-electron chi connectivity index (χ2n) is 5.69. The fourth-order valence-electron chi connectivity index (χ4n) is 1.98. The summed E-state index contributed by atoms with van der Waals surface area (Å²) in [7, 11) is 0. The number of benzene rings is 1. The van der Waals surface area contributed by atoms with E-state index in [1.807, 2.05) is 24.3 Å². The van der Waals surface area contributed by atoms with E-state index < -0.39 is 0 Å². The molecule has 20 heavy (non-hydrogen) atoms. The molecule has 0 unspecified atom stereocenters. The van der Waals surface area contributed by atoms with Crippen molar-refractivity contribution < 1.29 is 9.26 Å². The summed E-state index contributed by atoms with van der Waals surface area (Å²) in [6, 6.07) is 7.89. The molecule has 1 aromatic carbocycles. The minimum Gasteiger partial charge on any atom is -0.493 e. The molecule has 0 aliphatic rings. The van der Waals surface area contributed by atoms with Gasteiger partial charge in [0.2, 0.25) is 5.88 Å². The van der Waals surface area contributed by atoms with Gasteiger partial charge in [0.05, 0.1) is 17.9 Å². The van der Waals surface area contributed by atoms with Crippen LogP contribution in [0.2, 0.25) is 0 Å². The lowest BCUT2D eigenvalue weighted by Gasteiger charge is -2.10. The largest absolute Gasteiger partial charge is 0.493 e. The van der Waals surface area contributed by atoms with Gasteiger partial charge >= 0.3 is 0 Å². The number of rotatable bonds is 5. The lowest BCUT2D eigenvalue weighted by Crippen LogP contribution is -2.04. The molecule has 0 fully saturated rings. The van der Waals surface area contributed by atoms with E-state index in [-0.39, 0.29) is 5.92 Å². The molecule has 4 nitrogen and oxygen atoms in total. The Hall–Kier alpha value is -1.97. The highest BCUT2D eigenvalue weighted by Crippen LogP contribution is 2.34. The van der Waals surface area contributed by atoms with Crippen molar-refractivity contribution >= 4 is 5.88 Å². The molecule has 0 atom stereocenters. The summed E-state index contributed by atoms with van der Waals surface area (Å²) in [6.45, 7) is 9.11. The van der Waals surface area contributed by atoms with E-state index >= 15 is 0 Å². The van der Waals surface area contributed by atoms with Crippen molar-refractivity contribution in [2.45, 2.75) is 33.6 Å². The standard InChI is InChI=1S/C16H22N2O2/c1-10(2)9-19-13-7-5-12(6-8-13)14-15(11(3)4)18-20-16(14)17/h5-8,10-11H,9,17H2,1-4H3.